The van der Waals surface area contributed by atoms with E-state index in [-0.39, 0.29) is 11.9 Å². The number of carbonyl (C=O) groups excluding carboxylic acids is 1. The molecule has 122 valence electrons. The Morgan fingerprint density at radius 1 is 1.17 bits per heavy atom. The van der Waals surface area contributed by atoms with E-state index in [0.29, 0.717) is 6.04 Å². The molecule has 1 heterocycles. The van der Waals surface area contributed by atoms with Crippen LogP contribution in [0.25, 0.3) is 0 Å². The molecule has 5 heteroatoms. The SMILES string of the molecule is NC1CCC(NC(=O)c2ccccc2SCc2cccs2)CC1. The van der Waals surface area contributed by atoms with Gasteiger partial charge in [0.25, 0.3) is 5.91 Å². The number of rotatable bonds is 5. The van der Waals surface area contributed by atoms with E-state index in [1.54, 1.807) is 23.1 Å². The number of nitrogens with one attached hydrogen (secondary N) is 1. The molecule has 3 N–H and O–H groups in total. The summed E-state index contributed by atoms with van der Waals surface area (Å²) >= 11 is 3.48. The summed E-state index contributed by atoms with van der Waals surface area (Å²) in [6.07, 6.45) is 3.97. The second kappa shape index (κ2) is 7.99. The highest BCUT2D eigenvalue weighted by Crippen LogP contribution is 2.28. The van der Waals surface area contributed by atoms with Gasteiger partial charge in [-0.25, -0.2) is 0 Å². The normalized spacial score (nSPS) is 21.1. The third kappa shape index (κ3) is 4.59. The average molecular weight is 347 g/mol. The van der Waals surface area contributed by atoms with Crippen molar-refractivity contribution in [1.82, 2.24) is 5.32 Å². The summed E-state index contributed by atoms with van der Waals surface area (Å²) in [6.45, 7) is 0. The van der Waals surface area contributed by atoms with E-state index < -0.39 is 0 Å². The van der Waals surface area contributed by atoms with Crippen molar-refractivity contribution in [1.29, 1.82) is 0 Å². The van der Waals surface area contributed by atoms with Gasteiger partial charge in [0, 0.05) is 27.6 Å². The zero-order valence-electron chi connectivity index (χ0n) is 13.0. The molecule has 1 aromatic carbocycles. The van der Waals surface area contributed by atoms with Crippen LogP contribution in [0.1, 0.15) is 40.9 Å². The third-order valence-corrected chi connectivity index (χ3v) is 6.37. The van der Waals surface area contributed by atoms with Gasteiger partial charge < -0.3 is 11.1 Å². The van der Waals surface area contributed by atoms with Crippen LogP contribution < -0.4 is 11.1 Å². The first-order chi connectivity index (χ1) is 11.2. The van der Waals surface area contributed by atoms with Gasteiger partial charge >= 0.3 is 0 Å². The van der Waals surface area contributed by atoms with Crippen LogP contribution in [0.15, 0.2) is 46.7 Å². The van der Waals surface area contributed by atoms with Crippen molar-refractivity contribution >= 4 is 29.0 Å². The molecule has 23 heavy (non-hydrogen) atoms. The molecule has 2 aromatic rings. The molecule has 0 spiro atoms. The Kier molecular flexibility index (Phi) is 5.75. The molecule has 0 radical (unpaired) electrons. The number of thioether (sulfide) groups is 1. The van der Waals surface area contributed by atoms with Crippen molar-refractivity contribution in [3.63, 3.8) is 0 Å². The maximum atomic E-state index is 12.6. The van der Waals surface area contributed by atoms with Gasteiger partial charge in [-0.05, 0) is 49.3 Å². The van der Waals surface area contributed by atoms with Crippen molar-refractivity contribution in [2.75, 3.05) is 0 Å². The average Bonchev–Trinajstić information content (AvgIpc) is 3.09. The number of nitrogens with two attached hydrogens (primary N) is 1. The fraction of sp³-hybridized carbons (Fsp3) is 0.389. The van der Waals surface area contributed by atoms with Gasteiger partial charge in [0.2, 0.25) is 0 Å². The van der Waals surface area contributed by atoms with Crippen LogP contribution in [-0.4, -0.2) is 18.0 Å². The quantitative estimate of drug-likeness (QED) is 0.803. The largest absolute Gasteiger partial charge is 0.349 e. The molecule has 3 rings (SSSR count). The summed E-state index contributed by atoms with van der Waals surface area (Å²) in [6, 6.07) is 12.6. The van der Waals surface area contributed by atoms with Crippen LogP contribution in [0.2, 0.25) is 0 Å². The molecule has 1 saturated carbocycles. The number of benzene rings is 1. The Labute approximate surface area is 145 Å². The van der Waals surface area contributed by atoms with E-state index >= 15 is 0 Å². The number of amides is 1. The molecule has 0 saturated heterocycles. The minimum Gasteiger partial charge on any atom is -0.349 e. The number of thiophene rings is 1. The predicted octanol–water partition coefficient (Wildman–Crippen LogP) is 4.04. The lowest BCUT2D eigenvalue weighted by Gasteiger charge is -2.27. The molecule has 1 aromatic heterocycles. The Hall–Kier alpha value is -1.30. The molecule has 1 aliphatic rings. The first-order valence-corrected chi connectivity index (χ1v) is 9.89. The zero-order chi connectivity index (χ0) is 16.1. The van der Waals surface area contributed by atoms with E-state index in [1.807, 2.05) is 24.3 Å². The minimum absolute atomic E-state index is 0.0414. The van der Waals surface area contributed by atoms with Crippen LogP contribution in [0.4, 0.5) is 0 Å². The van der Waals surface area contributed by atoms with Crippen molar-refractivity contribution in [3.05, 3.63) is 52.2 Å². The maximum Gasteiger partial charge on any atom is 0.252 e. The second-order valence-electron chi connectivity index (χ2n) is 5.95. The van der Waals surface area contributed by atoms with Crippen molar-refractivity contribution in [2.24, 2.45) is 5.73 Å². The fourth-order valence-electron chi connectivity index (χ4n) is 2.85. The molecule has 3 nitrogen and oxygen atoms in total. The molecule has 1 fully saturated rings. The summed E-state index contributed by atoms with van der Waals surface area (Å²) in [5, 5.41) is 5.27. The fourth-order valence-corrected chi connectivity index (χ4v) is 4.67. The minimum atomic E-state index is 0.0414. The monoisotopic (exact) mass is 346 g/mol. The van der Waals surface area contributed by atoms with E-state index in [0.717, 1.165) is 41.9 Å². The summed E-state index contributed by atoms with van der Waals surface area (Å²) in [5.41, 5.74) is 6.72. The van der Waals surface area contributed by atoms with Crippen LogP contribution in [0.3, 0.4) is 0 Å². The molecule has 0 atom stereocenters. The molecule has 1 aliphatic carbocycles. The maximum absolute atomic E-state index is 12.6. The van der Waals surface area contributed by atoms with Gasteiger partial charge in [-0.1, -0.05) is 18.2 Å². The smallest absolute Gasteiger partial charge is 0.252 e. The highest BCUT2D eigenvalue weighted by atomic mass is 32.2. The van der Waals surface area contributed by atoms with E-state index in [9.17, 15) is 4.79 Å². The predicted molar refractivity (Wildman–Crippen MR) is 98.0 cm³/mol. The highest BCUT2D eigenvalue weighted by molar-refractivity contribution is 7.98. The van der Waals surface area contributed by atoms with Gasteiger partial charge in [-0.3, -0.25) is 4.79 Å². The van der Waals surface area contributed by atoms with E-state index in [4.69, 9.17) is 5.73 Å². The van der Waals surface area contributed by atoms with Gasteiger partial charge in [0.15, 0.2) is 0 Å². The lowest BCUT2D eigenvalue weighted by Crippen LogP contribution is -2.40. The van der Waals surface area contributed by atoms with Crippen molar-refractivity contribution in [2.45, 2.75) is 48.4 Å². The number of hydrogen-bond acceptors (Lipinski definition) is 4. The van der Waals surface area contributed by atoms with Gasteiger partial charge in [0.1, 0.15) is 0 Å². The molecule has 0 unspecified atom stereocenters. The van der Waals surface area contributed by atoms with E-state index in [2.05, 4.69) is 22.8 Å². The second-order valence-corrected chi connectivity index (χ2v) is 8.00. The Morgan fingerprint density at radius 2 is 1.96 bits per heavy atom. The number of hydrogen-bond donors (Lipinski definition) is 2. The first kappa shape index (κ1) is 16.6. The van der Waals surface area contributed by atoms with Crippen LogP contribution in [0.5, 0.6) is 0 Å². The summed E-state index contributed by atoms with van der Waals surface area (Å²) in [5.74, 6) is 0.944. The molecular formula is C18H22N2OS2. The van der Waals surface area contributed by atoms with Gasteiger partial charge in [-0.2, -0.15) is 0 Å². The lowest BCUT2D eigenvalue weighted by atomic mass is 9.91. The molecule has 0 bridgehead atoms. The van der Waals surface area contributed by atoms with Crippen LogP contribution in [0, 0.1) is 0 Å². The third-order valence-electron chi connectivity index (χ3n) is 4.19. The van der Waals surface area contributed by atoms with Crippen LogP contribution in [-0.2, 0) is 5.75 Å². The Balaban J connectivity index is 1.63. The molecule has 0 aliphatic heterocycles. The molecular weight excluding hydrogens is 324 g/mol. The van der Waals surface area contributed by atoms with Crippen molar-refractivity contribution in [3.8, 4) is 0 Å². The van der Waals surface area contributed by atoms with Crippen molar-refractivity contribution < 1.29 is 4.79 Å². The van der Waals surface area contributed by atoms with Gasteiger partial charge in [0.05, 0.1) is 5.56 Å². The van der Waals surface area contributed by atoms with Gasteiger partial charge in [-0.15, -0.1) is 23.1 Å². The summed E-state index contributed by atoms with van der Waals surface area (Å²) in [7, 11) is 0. The standard InChI is InChI=1S/C18H22N2OS2/c19-13-7-9-14(10-8-13)20-18(21)16-5-1-2-6-17(16)23-12-15-4-3-11-22-15/h1-6,11,13-14H,7-10,12,19H2,(H,20,21). The first-order valence-electron chi connectivity index (χ1n) is 8.03. The van der Waals surface area contributed by atoms with E-state index in [1.165, 1.54) is 4.88 Å². The Bertz CT molecular complexity index is 634. The molecule has 1 amide bonds. The summed E-state index contributed by atoms with van der Waals surface area (Å²) in [4.78, 5) is 15.0. The zero-order valence-corrected chi connectivity index (χ0v) is 14.7. The van der Waals surface area contributed by atoms with Crippen LogP contribution >= 0.6 is 23.1 Å². The topological polar surface area (TPSA) is 55.1 Å². The summed E-state index contributed by atoms with van der Waals surface area (Å²) < 4.78 is 0. The number of carbonyl (C=O) groups is 1. The lowest BCUT2D eigenvalue weighted by molar-refractivity contribution is 0.0923. The highest BCUT2D eigenvalue weighted by Gasteiger charge is 2.21. The Morgan fingerprint density at radius 3 is 2.70 bits per heavy atom.